The minimum atomic E-state index is -3.62. The molecule has 0 aromatic carbocycles. The summed E-state index contributed by atoms with van der Waals surface area (Å²) in [5.74, 6) is -1.38. The van der Waals surface area contributed by atoms with Crippen molar-refractivity contribution in [3.05, 3.63) is 0 Å². The molecule has 158 valence electrons. The summed E-state index contributed by atoms with van der Waals surface area (Å²) in [6, 6.07) is 0. The molecule has 1 spiro atoms. The molecule has 1 aliphatic heterocycles. The van der Waals surface area contributed by atoms with Crippen LogP contribution in [0.1, 0.15) is 53.4 Å². The van der Waals surface area contributed by atoms with Crippen LogP contribution in [0.25, 0.3) is 0 Å². The van der Waals surface area contributed by atoms with E-state index in [-0.39, 0.29) is 22.2 Å². The molecule has 3 aliphatic carbocycles. The molecule has 1 N–H and O–H groups in total. The van der Waals surface area contributed by atoms with E-state index in [9.17, 15) is 23.5 Å². The van der Waals surface area contributed by atoms with Crippen LogP contribution in [0.5, 0.6) is 0 Å². The molecule has 6 nitrogen and oxygen atoms in total. The van der Waals surface area contributed by atoms with E-state index in [4.69, 9.17) is 9.47 Å². The van der Waals surface area contributed by atoms with Crippen LogP contribution in [-0.4, -0.2) is 42.2 Å². The fourth-order valence-electron chi connectivity index (χ4n) is 7.18. The van der Waals surface area contributed by atoms with Crippen LogP contribution in [-0.2, 0) is 23.8 Å². The maximum absolute atomic E-state index is 13.0. The molecule has 3 saturated carbocycles. The molecule has 6 unspecified atom stereocenters. The van der Waals surface area contributed by atoms with Crippen LogP contribution in [0.15, 0.2) is 0 Å². The number of ether oxygens (including phenoxy) is 3. The summed E-state index contributed by atoms with van der Waals surface area (Å²) >= 11 is 0. The Kier molecular flexibility index (Phi) is 4.20. The van der Waals surface area contributed by atoms with Gasteiger partial charge in [0.2, 0.25) is 6.10 Å². The number of fused-ring (bicyclic) bond motifs is 1. The highest BCUT2D eigenvalue weighted by molar-refractivity contribution is 5.81. The fraction of sp³-hybridized carbons (Fsp3) is 0.900. The lowest BCUT2D eigenvalue weighted by Gasteiger charge is -2.35. The van der Waals surface area contributed by atoms with Gasteiger partial charge in [0.05, 0.1) is 6.42 Å². The maximum atomic E-state index is 13.0. The zero-order valence-electron chi connectivity index (χ0n) is 16.7. The molecule has 0 amide bonds. The molecule has 4 rings (SSSR count). The standard InChI is InChI=1S/C20H28F2O6/c1-17(2)5-10-6-19(16(17)18(19,3)4)7-11(10)14(24)26-9-13(23)27-12-8-20(21,22)28-15(12)25/h10-12,14,16,24H,5-9H2,1-4H3. The van der Waals surface area contributed by atoms with Crippen molar-refractivity contribution in [2.24, 2.45) is 34.0 Å². The molecule has 1 heterocycles. The van der Waals surface area contributed by atoms with E-state index < -0.39 is 43.5 Å². The highest BCUT2D eigenvalue weighted by Gasteiger charge is 2.80. The van der Waals surface area contributed by atoms with Crippen LogP contribution >= 0.6 is 0 Å². The third-order valence-electron chi connectivity index (χ3n) is 7.82. The number of aliphatic hydroxyl groups excluding tert-OH is 1. The van der Waals surface area contributed by atoms with Gasteiger partial charge in [0, 0.05) is 5.92 Å². The second kappa shape index (κ2) is 5.88. The molecule has 0 aromatic heterocycles. The lowest BCUT2D eigenvalue weighted by molar-refractivity contribution is -0.209. The third kappa shape index (κ3) is 2.86. The second-order valence-corrected chi connectivity index (χ2v) is 10.3. The van der Waals surface area contributed by atoms with Gasteiger partial charge < -0.3 is 19.3 Å². The van der Waals surface area contributed by atoms with Gasteiger partial charge in [-0.15, -0.1) is 0 Å². The Morgan fingerprint density at radius 2 is 1.89 bits per heavy atom. The van der Waals surface area contributed by atoms with Crippen LogP contribution in [0.4, 0.5) is 8.78 Å². The smallest absolute Gasteiger partial charge is 0.404 e. The zero-order valence-corrected chi connectivity index (χ0v) is 16.7. The zero-order chi connectivity index (χ0) is 20.7. The quantitative estimate of drug-likeness (QED) is 0.563. The Hall–Kier alpha value is -1.28. The monoisotopic (exact) mass is 402 g/mol. The Morgan fingerprint density at radius 3 is 2.50 bits per heavy atom. The summed E-state index contributed by atoms with van der Waals surface area (Å²) in [4.78, 5) is 23.2. The van der Waals surface area contributed by atoms with Gasteiger partial charge in [-0.1, -0.05) is 27.7 Å². The first-order valence-electron chi connectivity index (χ1n) is 9.89. The number of cyclic esters (lactones) is 1. The molecule has 1 saturated heterocycles. The van der Waals surface area contributed by atoms with Gasteiger partial charge in [-0.25, -0.2) is 9.59 Å². The number of halogens is 2. The van der Waals surface area contributed by atoms with Gasteiger partial charge in [-0.05, 0) is 47.3 Å². The van der Waals surface area contributed by atoms with E-state index in [1.165, 1.54) is 0 Å². The highest BCUT2D eigenvalue weighted by atomic mass is 19.3. The molecule has 6 atom stereocenters. The minimum Gasteiger partial charge on any atom is -0.448 e. The number of aliphatic hydroxyl groups is 1. The predicted molar refractivity (Wildman–Crippen MR) is 91.8 cm³/mol. The van der Waals surface area contributed by atoms with Crippen molar-refractivity contribution in [2.75, 3.05) is 6.61 Å². The fourth-order valence-corrected chi connectivity index (χ4v) is 7.18. The van der Waals surface area contributed by atoms with Crippen LogP contribution in [0.2, 0.25) is 0 Å². The lowest BCUT2D eigenvalue weighted by Crippen LogP contribution is -2.33. The van der Waals surface area contributed by atoms with Gasteiger partial charge in [-0.3, -0.25) is 0 Å². The van der Waals surface area contributed by atoms with Crippen molar-refractivity contribution < 1.29 is 37.7 Å². The number of hydrogen-bond donors (Lipinski definition) is 1. The largest absolute Gasteiger partial charge is 0.448 e. The molecule has 4 aliphatic rings. The molecular formula is C20H28F2O6. The van der Waals surface area contributed by atoms with Crippen molar-refractivity contribution >= 4 is 11.9 Å². The van der Waals surface area contributed by atoms with Crippen LogP contribution in [0.3, 0.4) is 0 Å². The molecule has 28 heavy (non-hydrogen) atoms. The normalized spacial score (nSPS) is 42.5. The molecule has 4 fully saturated rings. The van der Waals surface area contributed by atoms with Gasteiger partial charge >= 0.3 is 18.0 Å². The molecule has 8 heteroatoms. The van der Waals surface area contributed by atoms with Crippen molar-refractivity contribution in [1.82, 2.24) is 0 Å². The molecular weight excluding hydrogens is 374 g/mol. The lowest BCUT2D eigenvalue weighted by atomic mass is 9.70. The number of hydrogen-bond acceptors (Lipinski definition) is 6. The Labute approximate surface area is 162 Å². The van der Waals surface area contributed by atoms with Gasteiger partial charge in [-0.2, -0.15) is 8.78 Å². The van der Waals surface area contributed by atoms with Gasteiger partial charge in [0.1, 0.15) is 6.61 Å². The summed E-state index contributed by atoms with van der Waals surface area (Å²) < 4.78 is 39.9. The first-order chi connectivity index (χ1) is 12.8. The van der Waals surface area contributed by atoms with E-state index >= 15 is 0 Å². The molecule has 0 aromatic rings. The Bertz CT molecular complexity index is 695. The number of alkyl halides is 2. The first kappa shape index (κ1) is 20.0. The van der Waals surface area contributed by atoms with Crippen molar-refractivity contribution in [3.63, 3.8) is 0 Å². The second-order valence-electron chi connectivity index (χ2n) is 10.3. The van der Waals surface area contributed by atoms with E-state index in [2.05, 4.69) is 32.4 Å². The summed E-state index contributed by atoms with van der Waals surface area (Å²) in [5, 5.41) is 10.6. The van der Waals surface area contributed by atoms with Crippen LogP contribution < -0.4 is 0 Å². The number of carbonyl (C=O) groups excluding carboxylic acids is 2. The minimum absolute atomic E-state index is 0.0698. The summed E-state index contributed by atoms with van der Waals surface area (Å²) in [5.41, 5.74) is 0.648. The van der Waals surface area contributed by atoms with Crippen molar-refractivity contribution in [2.45, 2.75) is 71.9 Å². The van der Waals surface area contributed by atoms with Crippen molar-refractivity contribution in [1.29, 1.82) is 0 Å². The number of carbonyl (C=O) groups is 2. The summed E-state index contributed by atoms with van der Waals surface area (Å²) in [6.07, 6.45) is -4.46. The average Bonchev–Trinajstić information content (AvgIpc) is 2.75. The van der Waals surface area contributed by atoms with E-state index in [1.807, 2.05) is 0 Å². The van der Waals surface area contributed by atoms with Crippen LogP contribution in [0, 0.1) is 34.0 Å². The third-order valence-corrected chi connectivity index (χ3v) is 7.82. The van der Waals surface area contributed by atoms with E-state index in [1.54, 1.807) is 0 Å². The number of esters is 2. The SMILES string of the molecule is CC1(C)CC2CC3(CC2C(O)OCC(=O)OC2CC(F)(F)OC2=O)C1C3(C)C. The average molecular weight is 402 g/mol. The van der Waals surface area contributed by atoms with Gasteiger partial charge in [0.25, 0.3) is 0 Å². The molecule has 0 radical (unpaired) electrons. The van der Waals surface area contributed by atoms with Crippen molar-refractivity contribution in [3.8, 4) is 0 Å². The summed E-state index contributed by atoms with van der Waals surface area (Å²) in [6.45, 7) is 8.58. The molecule has 2 bridgehead atoms. The van der Waals surface area contributed by atoms with E-state index in [0.29, 0.717) is 11.8 Å². The van der Waals surface area contributed by atoms with E-state index in [0.717, 1.165) is 19.3 Å². The van der Waals surface area contributed by atoms with Gasteiger partial charge in [0.15, 0.2) is 6.29 Å². The topological polar surface area (TPSA) is 82.1 Å². The first-order valence-corrected chi connectivity index (χ1v) is 9.89. The maximum Gasteiger partial charge on any atom is 0.404 e. The summed E-state index contributed by atoms with van der Waals surface area (Å²) in [7, 11) is 0. The Morgan fingerprint density at radius 1 is 1.21 bits per heavy atom. The number of rotatable bonds is 5. The Balaban J connectivity index is 1.32. The highest BCUT2D eigenvalue weighted by Crippen LogP contribution is 2.85. The predicted octanol–water partition coefficient (Wildman–Crippen LogP) is 2.87.